The molecule has 1 saturated carbocycles. The van der Waals surface area contributed by atoms with Crippen LogP contribution in [-0.4, -0.2) is 52.1 Å². The van der Waals surface area contributed by atoms with Crippen LogP contribution in [0.15, 0.2) is 53.7 Å². The summed E-state index contributed by atoms with van der Waals surface area (Å²) in [6, 6.07) is 14.4. The van der Waals surface area contributed by atoms with E-state index < -0.39 is 0 Å². The molecule has 4 nitrogen and oxygen atoms in total. The Morgan fingerprint density at radius 3 is 2.48 bits per heavy atom. The quantitative estimate of drug-likeness (QED) is 0.782. The van der Waals surface area contributed by atoms with Crippen molar-refractivity contribution in [2.75, 3.05) is 26.2 Å². The van der Waals surface area contributed by atoms with Gasteiger partial charge in [-0.15, -0.1) is 11.8 Å². The van der Waals surface area contributed by atoms with Crippen molar-refractivity contribution in [2.24, 2.45) is 0 Å². The zero-order chi connectivity index (χ0) is 18.5. The Morgan fingerprint density at radius 2 is 1.74 bits per heavy atom. The number of amides is 1. The maximum Gasteiger partial charge on any atom is 0.256 e. The summed E-state index contributed by atoms with van der Waals surface area (Å²) < 4.78 is 0. The zero-order valence-corrected chi connectivity index (χ0v) is 16.5. The number of hydrogen-bond acceptors (Lipinski definition) is 4. The Morgan fingerprint density at radius 1 is 1.00 bits per heavy atom. The van der Waals surface area contributed by atoms with Gasteiger partial charge in [-0.2, -0.15) is 0 Å². The highest BCUT2D eigenvalue weighted by molar-refractivity contribution is 7.99. The maximum absolute atomic E-state index is 13.1. The van der Waals surface area contributed by atoms with Gasteiger partial charge in [0, 0.05) is 44.2 Å². The van der Waals surface area contributed by atoms with Gasteiger partial charge < -0.3 is 4.90 Å². The van der Waals surface area contributed by atoms with Crippen LogP contribution in [0.5, 0.6) is 0 Å². The van der Waals surface area contributed by atoms with Gasteiger partial charge in [-0.1, -0.05) is 43.2 Å². The lowest BCUT2D eigenvalue weighted by Crippen LogP contribution is -2.48. The molecule has 4 rings (SSSR count). The van der Waals surface area contributed by atoms with Crippen LogP contribution in [0.3, 0.4) is 0 Å². The van der Waals surface area contributed by atoms with E-state index in [2.05, 4.69) is 40.2 Å². The van der Waals surface area contributed by atoms with E-state index in [1.54, 1.807) is 11.8 Å². The Balaban J connectivity index is 1.36. The summed E-state index contributed by atoms with van der Waals surface area (Å²) in [5.74, 6) is 0.142. The third kappa shape index (κ3) is 4.71. The Bertz CT molecular complexity index is 753. The van der Waals surface area contributed by atoms with Gasteiger partial charge in [0.1, 0.15) is 5.03 Å². The van der Waals surface area contributed by atoms with Crippen molar-refractivity contribution < 1.29 is 4.79 Å². The summed E-state index contributed by atoms with van der Waals surface area (Å²) in [5.41, 5.74) is 2.12. The SMILES string of the molecule is O=C(c1cccnc1SC1CCCC1)N1CCN(Cc2ccccc2)CC1. The minimum absolute atomic E-state index is 0.142. The topological polar surface area (TPSA) is 36.4 Å². The van der Waals surface area contributed by atoms with E-state index in [0.717, 1.165) is 43.3 Å². The fraction of sp³-hybridized carbons (Fsp3) is 0.455. The van der Waals surface area contributed by atoms with Crippen LogP contribution in [0.25, 0.3) is 0 Å². The molecule has 2 aromatic rings. The van der Waals surface area contributed by atoms with Gasteiger partial charge >= 0.3 is 0 Å². The third-order valence-corrected chi connectivity index (χ3v) is 6.84. The molecule has 0 atom stereocenters. The predicted octanol–water partition coefficient (Wildman–Crippen LogP) is 4.07. The van der Waals surface area contributed by atoms with Crippen molar-refractivity contribution in [2.45, 2.75) is 42.5 Å². The summed E-state index contributed by atoms with van der Waals surface area (Å²) >= 11 is 1.80. The first-order valence-corrected chi connectivity index (χ1v) is 10.8. The fourth-order valence-electron chi connectivity index (χ4n) is 3.93. The van der Waals surface area contributed by atoms with Crippen LogP contribution in [0, 0.1) is 0 Å². The Labute approximate surface area is 166 Å². The smallest absolute Gasteiger partial charge is 0.256 e. The Kier molecular flexibility index (Phi) is 6.10. The molecule has 142 valence electrons. The highest BCUT2D eigenvalue weighted by Gasteiger charge is 2.26. The van der Waals surface area contributed by atoms with Crippen LogP contribution in [0.4, 0.5) is 0 Å². The highest BCUT2D eigenvalue weighted by atomic mass is 32.2. The summed E-state index contributed by atoms with van der Waals surface area (Å²) in [4.78, 5) is 22.1. The predicted molar refractivity (Wildman–Crippen MR) is 110 cm³/mol. The number of carbonyl (C=O) groups is 1. The lowest BCUT2D eigenvalue weighted by atomic mass is 10.2. The minimum Gasteiger partial charge on any atom is -0.336 e. The molecule has 27 heavy (non-hydrogen) atoms. The number of carbonyl (C=O) groups excluding carboxylic acids is 1. The first-order valence-electron chi connectivity index (χ1n) is 9.97. The number of aromatic nitrogens is 1. The lowest BCUT2D eigenvalue weighted by Gasteiger charge is -2.35. The largest absolute Gasteiger partial charge is 0.336 e. The van der Waals surface area contributed by atoms with E-state index in [0.29, 0.717) is 5.25 Å². The lowest BCUT2D eigenvalue weighted by molar-refractivity contribution is 0.0624. The second kappa shape index (κ2) is 8.89. The summed E-state index contributed by atoms with van der Waals surface area (Å²) in [6.45, 7) is 4.37. The molecule has 0 N–H and O–H groups in total. The Hall–Kier alpha value is -1.85. The van der Waals surface area contributed by atoms with Crippen molar-refractivity contribution >= 4 is 17.7 Å². The normalized spacial score (nSPS) is 18.7. The number of hydrogen-bond donors (Lipinski definition) is 0. The zero-order valence-electron chi connectivity index (χ0n) is 15.7. The third-order valence-electron chi connectivity index (χ3n) is 5.49. The number of pyridine rings is 1. The van der Waals surface area contributed by atoms with Crippen LogP contribution < -0.4 is 0 Å². The summed E-state index contributed by atoms with van der Waals surface area (Å²) in [5, 5.41) is 1.54. The molecule has 1 aromatic carbocycles. The van der Waals surface area contributed by atoms with Gasteiger partial charge in [-0.25, -0.2) is 4.98 Å². The first-order chi connectivity index (χ1) is 13.3. The molecule has 2 aliphatic rings. The first kappa shape index (κ1) is 18.5. The molecule has 0 radical (unpaired) electrons. The molecule has 1 saturated heterocycles. The standard InChI is InChI=1S/C22H27N3OS/c26-22(20-11-6-12-23-21(20)27-19-9-4-5-10-19)25-15-13-24(14-16-25)17-18-7-2-1-3-8-18/h1-3,6-8,11-12,19H,4-5,9-10,13-17H2. The van der Waals surface area contributed by atoms with Crippen LogP contribution in [-0.2, 0) is 6.54 Å². The molecule has 2 fully saturated rings. The minimum atomic E-state index is 0.142. The number of benzene rings is 1. The monoisotopic (exact) mass is 381 g/mol. The van der Waals surface area contributed by atoms with Gasteiger partial charge in [0.05, 0.1) is 5.56 Å². The second-order valence-corrected chi connectivity index (χ2v) is 8.72. The van der Waals surface area contributed by atoms with E-state index in [9.17, 15) is 4.79 Å². The number of rotatable bonds is 5. The van der Waals surface area contributed by atoms with E-state index >= 15 is 0 Å². The van der Waals surface area contributed by atoms with Crippen molar-refractivity contribution in [1.82, 2.24) is 14.8 Å². The van der Waals surface area contributed by atoms with Gasteiger partial charge in [-0.3, -0.25) is 9.69 Å². The molecule has 1 amide bonds. The van der Waals surface area contributed by atoms with Gasteiger partial charge in [-0.05, 0) is 30.5 Å². The number of nitrogens with zero attached hydrogens (tertiary/aromatic N) is 3. The maximum atomic E-state index is 13.1. The van der Waals surface area contributed by atoms with Gasteiger partial charge in [0.2, 0.25) is 0 Å². The molecule has 0 unspecified atom stereocenters. The van der Waals surface area contributed by atoms with E-state index in [1.165, 1.54) is 31.2 Å². The average molecular weight is 382 g/mol. The summed E-state index contributed by atoms with van der Waals surface area (Å²) in [7, 11) is 0. The summed E-state index contributed by atoms with van der Waals surface area (Å²) in [6.07, 6.45) is 6.90. The van der Waals surface area contributed by atoms with Crippen molar-refractivity contribution in [1.29, 1.82) is 0 Å². The number of thioether (sulfide) groups is 1. The molecular formula is C22H27N3OS. The van der Waals surface area contributed by atoms with Crippen LogP contribution >= 0.6 is 11.8 Å². The van der Waals surface area contributed by atoms with Gasteiger partial charge in [0.25, 0.3) is 5.91 Å². The molecule has 1 aromatic heterocycles. The molecule has 0 bridgehead atoms. The molecular weight excluding hydrogens is 354 g/mol. The number of piperazine rings is 1. The molecule has 1 aliphatic carbocycles. The van der Waals surface area contributed by atoms with Crippen LogP contribution in [0.2, 0.25) is 0 Å². The van der Waals surface area contributed by atoms with Gasteiger partial charge in [0.15, 0.2) is 0 Å². The second-order valence-electron chi connectivity index (χ2n) is 7.43. The van der Waals surface area contributed by atoms with Crippen molar-refractivity contribution in [3.63, 3.8) is 0 Å². The molecule has 1 aliphatic heterocycles. The molecule has 5 heteroatoms. The van der Waals surface area contributed by atoms with Crippen molar-refractivity contribution in [3.05, 3.63) is 59.8 Å². The van der Waals surface area contributed by atoms with Crippen molar-refractivity contribution in [3.8, 4) is 0 Å². The fourth-order valence-corrected chi connectivity index (χ4v) is 5.22. The highest BCUT2D eigenvalue weighted by Crippen LogP contribution is 2.35. The van der Waals surface area contributed by atoms with E-state index in [4.69, 9.17) is 0 Å². The molecule has 2 heterocycles. The average Bonchev–Trinajstić information content (AvgIpc) is 3.22. The van der Waals surface area contributed by atoms with E-state index in [-0.39, 0.29) is 5.91 Å². The van der Waals surface area contributed by atoms with E-state index in [1.807, 2.05) is 23.2 Å². The van der Waals surface area contributed by atoms with Crippen LogP contribution in [0.1, 0.15) is 41.6 Å². The molecule has 0 spiro atoms.